The summed E-state index contributed by atoms with van der Waals surface area (Å²) in [6.07, 6.45) is 8.56. The molecule has 9 rings (SSSR count). The molecule has 134 heavy (non-hydrogen) atoms. The molecule has 46 heteroatoms. The Morgan fingerprint density at radius 3 is 1.37 bits per heavy atom. The maximum atomic E-state index is 13.6. The lowest BCUT2D eigenvalue weighted by Gasteiger charge is -2.35. The zero-order chi connectivity index (χ0) is 96.3. The summed E-state index contributed by atoms with van der Waals surface area (Å²) in [5.74, 6) is -5.37. The lowest BCUT2D eigenvalue weighted by atomic mass is 9.89. The summed E-state index contributed by atoms with van der Waals surface area (Å²) in [5, 5.41) is 36.9. The first kappa shape index (κ1) is 105. The fourth-order valence-electron chi connectivity index (χ4n) is 13.6. The Bertz CT molecular complexity index is 5280. The van der Waals surface area contributed by atoms with Gasteiger partial charge in [0.15, 0.2) is 23.4 Å². The lowest BCUT2D eigenvalue weighted by molar-refractivity contribution is -0.126. The fraction of sp³-hybridized carbons (Fsp3) is 0.466. The zero-order valence-corrected chi connectivity index (χ0v) is 76.9. The monoisotopic (exact) mass is 1890 g/mol. The molecule has 3 aromatic carbocycles. The minimum atomic E-state index is -0.720. The van der Waals surface area contributed by atoms with Crippen molar-refractivity contribution in [3.05, 3.63) is 143 Å². The van der Waals surface area contributed by atoms with Crippen LogP contribution in [0.5, 0.6) is 0 Å². The van der Waals surface area contributed by atoms with E-state index < -0.39 is 53.2 Å². The van der Waals surface area contributed by atoms with Gasteiger partial charge in [-0.25, -0.2) is 15.0 Å². The molecule has 16 N–H and O–H groups in total. The summed E-state index contributed by atoms with van der Waals surface area (Å²) in [7, 11) is 7.83. The van der Waals surface area contributed by atoms with Crippen LogP contribution in [0, 0.1) is 5.41 Å². The molecule has 0 unspecified atom stereocenters. The van der Waals surface area contributed by atoms with Crippen molar-refractivity contribution in [1.29, 1.82) is 5.41 Å². The van der Waals surface area contributed by atoms with Crippen molar-refractivity contribution in [2.24, 2.45) is 41.0 Å². The van der Waals surface area contributed by atoms with E-state index in [2.05, 4.69) is 86.4 Å². The van der Waals surface area contributed by atoms with Crippen LogP contribution >= 0.6 is 11.6 Å². The molecule has 726 valence electrons. The van der Waals surface area contributed by atoms with E-state index in [0.717, 1.165) is 40.8 Å². The molecule has 0 fully saturated rings. The van der Waals surface area contributed by atoms with Crippen LogP contribution in [0.3, 0.4) is 0 Å². The second kappa shape index (κ2) is 55.4. The van der Waals surface area contributed by atoms with Gasteiger partial charge in [-0.3, -0.25) is 58.1 Å². The van der Waals surface area contributed by atoms with Crippen molar-refractivity contribution < 1.29 is 105 Å². The highest BCUT2D eigenvalue weighted by molar-refractivity contribution is 6.33. The van der Waals surface area contributed by atoms with Crippen molar-refractivity contribution in [2.75, 3.05) is 222 Å². The molecule has 5 aromatic heterocycles. The number of hydrogen-bond donors (Lipinski definition) is 14. The van der Waals surface area contributed by atoms with Gasteiger partial charge in [0.05, 0.1) is 150 Å². The summed E-state index contributed by atoms with van der Waals surface area (Å²) in [6.45, 7) is 11.0. The minimum Gasteiger partial charge on any atom is -0.399 e. The Kier molecular flexibility index (Phi) is 43.3. The highest BCUT2D eigenvalue weighted by Crippen LogP contribution is 2.41. The number of fused-ring (bicyclic) bond motifs is 1. The van der Waals surface area contributed by atoms with Gasteiger partial charge in [0, 0.05) is 165 Å². The first-order valence-corrected chi connectivity index (χ1v) is 43.9. The molecule has 0 radical (unpaired) electrons. The largest absolute Gasteiger partial charge is 0.399 e. The highest BCUT2D eigenvalue weighted by Gasteiger charge is 2.29. The van der Waals surface area contributed by atoms with Crippen molar-refractivity contribution in [3.8, 4) is 22.3 Å². The van der Waals surface area contributed by atoms with Gasteiger partial charge >= 0.3 is 0 Å². The van der Waals surface area contributed by atoms with Crippen molar-refractivity contribution in [2.45, 2.75) is 52.0 Å². The average Bonchev–Trinajstić information content (AvgIpc) is 1.77. The number of amides is 11. The molecule has 0 spiro atoms. The predicted octanol–water partition coefficient (Wildman–Crippen LogP) is 3.11. The van der Waals surface area contributed by atoms with E-state index in [1.807, 2.05) is 29.2 Å². The molecule has 45 nitrogen and oxygen atoms in total. The van der Waals surface area contributed by atoms with Crippen LogP contribution in [0.1, 0.15) is 108 Å². The van der Waals surface area contributed by atoms with Gasteiger partial charge in [-0.15, -0.1) is 0 Å². The number of ether oxygens (including phenoxy) is 11. The third kappa shape index (κ3) is 34.5. The van der Waals surface area contributed by atoms with E-state index in [-0.39, 0.29) is 173 Å². The number of nitrogen functional groups attached to an aromatic ring is 1. The van der Waals surface area contributed by atoms with Crippen LogP contribution in [0.4, 0.5) is 40.2 Å². The Labute approximate surface area is 778 Å². The van der Waals surface area contributed by atoms with Gasteiger partial charge < -0.3 is 150 Å². The zero-order valence-electron chi connectivity index (χ0n) is 76.2. The summed E-state index contributed by atoms with van der Waals surface area (Å²) in [6, 6.07) is 19.9. The highest BCUT2D eigenvalue weighted by atomic mass is 35.5. The Morgan fingerprint density at radius 2 is 0.873 bits per heavy atom. The number of aryl methyl sites for hydroxylation is 6. The maximum absolute atomic E-state index is 13.6. The second-order valence-corrected chi connectivity index (χ2v) is 30.8. The summed E-state index contributed by atoms with van der Waals surface area (Å²) in [4.78, 5) is 158. The van der Waals surface area contributed by atoms with Gasteiger partial charge in [-0.05, 0) is 96.6 Å². The van der Waals surface area contributed by atoms with Crippen molar-refractivity contribution in [1.82, 2.24) is 69.7 Å². The summed E-state index contributed by atoms with van der Waals surface area (Å²) < 4.78 is 67.9. The van der Waals surface area contributed by atoms with Crippen LogP contribution in [-0.2, 0) is 118 Å². The number of rotatable bonds is 60. The van der Waals surface area contributed by atoms with Crippen LogP contribution in [0.25, 0.3) is 22.3 Å². The van der Waals surface area contributed by atoms with E-state index in [4.69, 9.17) is 80.6 Å². The van der Waals surface area contributed by atoms with Gasteiger partial charge in [-0.2, -0.15) is 0 Å². The number of carbonyl (C=O) groups is 11. The summed E-state index contributed by atoms with van der Waals surface area (Å²) in [5.41, 5.74) is 18.2. The second-order valence-electron chi connectivity index (χ2n) is 30.4. The molecule has 0 saturated carbocycles. The number of hydrogen-bond acceptors (Lipinski definition) is 27. The summed E-state index contributed by atoms with van der Waals surface area (Å²) >= 11 is 6.74. The number of carbonyl (C=O) groups excluding carboxylic acids is 11. The Hall–Kier alpha value is -13.1. The van der Waals surface area contributed by atoms with Crippen LogP contribution in [0.15, 0.2) is 97.7 Å². The van der Waals surface area contributed by atoms with Crippen LogP contribution in [-0.4, -0.2) is 299 Å². The fourth-order valence-corrected chi connectivity index (χ4v) is 13.8. The van der Waals surface area contributed by atoms with Gasteiger partial charge in [-0.1, -0.05) is 23.7 Å². The molecule has 8 aromatic rings. The molecule has 6 heterocycles. The number of anilines is 7. The number of guanidine groups is 1. The minimum absolute atomic E-state index is 0.00619. The molecule has 11 amide bonds. The molecule has 0 saturated heterocycles. The predicted molar refractivity (Wildman–Crippen MR) is 495 cm³/mol. The van der Waals surface area contributed by atoms with Gasteiger partial charge in [0.1, 0.15) is 18.0 Å². The van der Waals surface area contributed by atoms with Crippen molar-refractivity contribution >= 4 is 123 Å². The number of aromatic nitrogens is 8. The van der Waals surface area contributed by atoms with Gasteiger partial charge in [0.2, 0.25) is 47.0 Å². The van der Waals surface area contributed by atoms with Gasteiger partial charge in [0.25, 0.3) is 35.4 Å². The number of nitrogens with two attached hydrogens (primary N) is 2. The normalized spacial score (nSPS) is 12.2. The molecular weight excluding hydrogens is 1770 g/mol. The molecular formula is C88H120ClN23O22. The number of nitrogens with zero attached hydrogens (tertiary/aromatic N) is 9. The molecule has 0 bridgehead atoms. The average molecular weight is 1890 g/mol. The molecule has 0 aliphatic carbocycles. The SMILES string of the molecule is CC(=O)N1c2ccc(-c3ccc(C(=O)NCCOCCOCCOCCOCCOCCOCCOCCOCCNC(=O)c4nc(NC(=O)CCNC(=O)c5c(NC(=O)c6nc(NC(=O)CCNC(=O)c7cc(NC(=O)c8nc(NC(=O)CCNC(=O)COCCOCCOCCNC(=N)N)cn8C)cn7C)cn6C)ccn5C)cn4C)cc3-c3cc(N)ccc3Cl)cc2CC[C@@H]1C. The Morgan fingerprint density at radius 1 is 0.425 bits per heavy atom. The third-order valence-corrected chi connectivity index (χ3v) is 20.4. The van der Waals surface area contributed by atoms with Crippen molar-refractivity contribution in [3.63, 3.8) is 0 Å². The van der Waals surface area contributed by atoms with E-state index in [9.17, 15) is 52.7 Å². The first-order valence-electron chi connectivity index (χ1n) is 43.5. The maximum Gasteiger partial charge on any atom is 0.291 e. The van der Waals surface area contributed by atoms with E-state index in [1.54, 1.807) is 65.6 Å². The smallest absolute Gasteiger partial charge is 0.291 e. The number of benzene rings is 3. The topological polar surface area (TPSA) is 564 Å². The molecule has 1 aliphatic rings. The quantitative estimate of drug-likeness (QED) is 0.0113. The lowest BCUT2D eigenvalue weighted by Crippen LogP contribution is -2.40. The molecule has 1 aliphatic heterocycles. The molecule has 1 atom stereocenters. The first-order chi connectivity index (χ1) is 64.6. The Balaban J connectivity index is 0.535. The number of nitrogens with one attached hydrogen (secondary N) is 12. The third-order valence-electron chi connectivity index (χ3n) is 20.1. The van der Waals surface area contributed by atoms with E-state index in [1.165, 1.54) is 66.8 Å². The number of imidazole rings is 3. The number of halogens is 1. The van der Waals surface area contributed by atoms with Crippen LogP contribution < -0.4 is 74.9 Å². The van der Waals surface area contributed by atoms with E-state index >= 15 is 0 Å². The standard InChI is InChI=1S/C88H120ClN23O22/c1-57-8-9-60-48-59(11-15-69(60)112(57)58(2)113)64-13-10-61(49-65(64)66-50-62(90)12-14-67(66)89)82(118)96-23-27-124-30-33-127-36-38-129-40-42-131-44-45-132-43-41-130-39-37-128-34-31-125-28-24-97-85(121)79-104-71(53-109(79)5)101-76(116)18-22-95-84(120)78-68(19-26-107(78)3)100-87(123)81-106-73(55-111(81)7)103-75(115)17-21-94-83(119)70-51-63(52-108(70)4)99-86(122)80-105-72(54-110(80)6)102-74(114)16-20-93-77(117)56-134-47-46-133-35-32-126-29-25-98-88(91)92/h10-15,19,26,48-55,57H,8-9,16-18,20-25,27-47,56,90H2,1-7H3,(H,93,117)(H,94,119)(H,95,120)(H,96,118)(H,97,121)(H,99,122)(H,100,123)(H,101,116)(H,102,114)(H,103,115)(H4,91,92,98)/t57-/m0/s1. The van der Waals surface area contributed by atoms with E-state index in [0.29, 0.717) is 134 Å². The van der Waals surface area contributed by atoms with Crippen LogP contribution in [0.2, 0.25) is 5.02 Å².